The molecule has 0 bridgehead atoms. The molecule has 5 heteroatoms. The van der Waals surface area contributed by atoms with Crippen LogP contribution in [0.1, 0.15) is 18.9 Å². The van der Waals surface area contributed by atoms with Crippen LogP contribution < -0.4 is 15.8 Å². The lowest BCUT2D eigenvalue weighted by Crippen LogP contribution is -2.22. The fourth-order valence-corrected chi connectivity index (χ4v) is 2.03. The number of anilines is 2. The molecule has 124 valence electrons. The second kappa shape index (κ2) is 9.06. The summed E-state index contributed by atoms with van der Waals surface area (Å²) in [6, 6.07) is 15.1. The highest BCUT2D eigenvalue weighted by Crippen LogP contribution is 2.19. The van der Waals surface area contributed by atoms with E-state index in [0.29, 0.717) is 18.7 Å². The van der Waals surface area contributed by atoms with Crippen molar-refractivity contribution in [2.75, 3.05) is 17.7 Å². The molecule has 23 heavy (non-hydrogen) atoms. The molecular weight excluding hydrogens is 312 g/mol. The zero-order chi connectivity index (χ0) is 15.9. The van der Waals surface area contributed by atoms with E-state index in [2.05, 4.69) is 5.32 Å². The number of halogens is 1. The van der Waals surface area contributed by atoms with Crippen molar-refractivity contribution in [3.63, 3.8) is 0 Å². The third-order valence-corrected chi connectivity index (χ3v) is 3.53. The van der Waals surface area contributed by atoms with E-state index in [4.69, 9.17) is 10.5 Å². The minimum atomic E-state index is -0.135. The standard InChI is InChI=1S/C18H22N2O2.ClH/c1-13-8-9-15(19)12-17(13)20-18(21)14(2)10-11-22-16-6-4-3-5-7-16;/h3-9,12,14H,10-11,19H2,1-2H3,(H,20,21);1H. The summed E-state index contributed by atoms with van der Waals surface area (Å²) in [6.07, 6.45) is 0.655. The molecule has 0 aliphatic carbocycles. The third kappa shape index (κ3) is 5.83. The molecule has 1 atom stereocenters. The highest BCUT2D eigenvalue weighted by Gasteiger charge is 2.14. The van der Waals surface area contributed by atoms with E-state index < -0.39 is 0 Å². The monoisotopic (exact) mass is 334 g/mol. The highest BCUT2D eigenvalue weighted by atomic mass is 35.5. The molecule has 2 rings (SSSR count). The summed E-state index contributed by atoms with van der Waals surface area (Å²) in [6.45, 7) is 4.35. The van der Waals surface area contributed by atoms with Gasteiger partial charge in [0.15, 0.2) is 0 Å². The minimum Gasteiger partial charge on any atom is -0.494 e. The summed E-state index contributed by atoms with van der Waals surface area (Å²) in [7, 11) is 0. The Morgan fingerprint density at radius 3 is 2.61 bits per heavy atom. The molecule has 1 unspecified atom stereocenters. The number of benzene rings is 2. The summed E-state index contributed by atoms with van der Waals surface area (Å²) >= 11 is 0. The average Bonchev–Trinajstić information content (AvgIpc) is 2.52. The Morgan fingerprint density at radius 2 is 1.91 bits per heavy atom. The lowest BCUT2D eigenvalue weighted by molar-refractivity contribution is -0.119. The van der Waals surface area contributed by atoms with Gasteiger partial charge in [0.05, 0.1) is 6.61 Å². The fraction of sp³-hybridized carbons (Fsp3) is 0.278. The second-order valence-corrected chi connectivity index (χ2v) is 5.41. The molecule has 0 saturated heterocycles. The van der Waals surface area contributed by atoms with Crippen LogP contribution in [0.5, 0.6) is 5.75 Å². The molecular formula is C18H23ClN2O2. The van der Waals surface area contributed by atoms with Crippen molar-refractivity contribution in [3.8, 4) is 5.75 Å². The second-order valence-electron chi connectivity index (χ2n) is 5.41. The summed E-state index contributed by atoms with van der Waals surface area (Å²) < 4.78 is 5.62. The summed E-state index contributed by atoms with van der Waals surface area (Å²) in [4.78, 5) is 12.2. The molecule has 0 spiro atoms. The van der Waals surface area contributed by atoms with Gasteiger partial charge in [-0.2, -0.15) is 0 Å². The maximum Gasteiger partial charge on any atom is 0.227 e. The summed E-state index contributed by atoms with van der Waals surface area (Å²) in [5, 5.41) is 2.92. The Bertz CT molecular complexity index is 632. The Balaban J connectivity index is 0.00000264. The van der Waals surface area contributed by atoms with Crippen molar-refractivity contribution in [3.05, 3.63) is 54.1 Å². The van der Waals surface area contributed by atoms with Gasteiger partial charge in [0.1, 0.15) is 5.75 Å². The van der Waals surface area contributed by atoms with Crippen molar-refractivity contribution < 1.29 is 9.53 Å². The van der Waals surface area contributed by atoms with Gasteiger partial charge in [-0.1, -0.05) is 31.2 Å². The van der Waals surface area contributed by atoms with E-state index in [0.717, 1.165) is 17.0 Å². The van der Waals surface area contributed by atoms with Crippen LogP contribution in [0.3, 0.4) is 0 Å². The number of nitrogens with two attached hydrogens (primary N) is 1. The molecule has 2 aromatic rings. The van der Waals surface area contributed by atoms with E-state index in [1.807, 2.05) is 56.3 Å². The van der Waals surface area contributed by atoms with Gasteiger partial charge in [-0.25, -0.2) is 0 Å². The topological polar surface area (TPSA) is 64.3 Å². The van der Waals surface area contributed by atoms with Crippen molar-refractivity contribution >= 4 is 29.7 Å². The van der Waals surface area contributed by atoms with Gasteiger partial charge in [-0.15, -0.1) is 12.4 Å². The van der Waals surface area contributed by atoms with Crippen LogP contribution in [0, 0.1) is 12.8 Å². The smallest absolute Gasteiger partial charge is 0.227 e. The zero-order valence-corrected chi connectivity index (χ0v) is 14.2. The molecule has 0 aliphatic rings. The van der Waals surface area contributed by atoms with Crippen LogP contribution in [0.25, 0.3) is 0 Å². The fourth-order valence-electron chi connectivity index (χ4n) is 2.03. The summed E-state index contributed by atoms with van der Waals surface area (Å²) in [5.41, 5.74) is 8.15. The molecule has 1 amide bonds. The first-order valence-electron chi connectivity index (χ1n) is 7.41. The molecule has 0 heterocycles. The first-order valence-corrected chi connectivity index (χ1v) is 7.41. The van der Waals surface area contributed by atoms with Gasteiger partial charge in [-0.05, 0) is 43.2 Å². The molecule has 4 nitrogen and oxygen atoms in total. The number of carbonyl (C=O) groups excluding carboxylic acids is 1. The molecule has 0 saturated carbocycles. The van der Waals surface area contributed by atoms with Crippen LogP contribution in [0.2, 0.25) is 0 Å². The Hall–Kier alpha value is -2.20. The number of aryl methyl sites for hydroxylation is 1. The molecule has 0 fully saturated rings. The third-order valence-electron chi connectivity index (χ3n) is 3.53. The van der Waals surface area contributed by atoms with E-state index in [1.54, 1.807) is 6.07 Å². The van der Waals surface area contributed by atoms with Gasteiger partial charge in [0.2, 0.25) is 5.91 Å². The quantitative estimate of drug-likeness (QED) is 0.783. The van der Waals surface area contributed by atoms with Crippen molar-refractivity contribution in [2.45, 2.75) is 20.3 Å². The Kier molecular flexibility index (Phi) is 7.42. The number of hydrogen-bond acceptors (Lipinski definition) is 3. The van der Waals surface area contributed by atoms with Crippen molar-refractivity contribution in [2.24, 2.45) is 5.92 Å². The summed E-state index contributed by atoms with van der Waals surface area (Å²) in [5.74, 6) is 0.664. The number of hydrogen-bond donors (Lipinski definition) is 2. The number of nitrogens with one attached hydrogen (secondary N) is 1. The first-order chi connectivity index (χ1) is 10.6. The number of nitrogen functional groups attached to an aromatic ring is 1. The van der Waals surface area contributed by atoms with Crippen LogP contribution in [0.15, 0.2) is 48.5 Å². The highest BCUT2D eigenvalue weighted by molar-refractivity contribution is 5.93. The largest absolute Gasteiger partial charge is 0.494 e. The van der Waals surface area contributed by atoms with Crippen LogP contribution in [-0.2, 0) is 4.79 Å². The molecule has 0 aromatic heterocycles. The predicted octanol–water partition coefficient (Wildman–Crippen LogP) is 4.04. The van der Waals surface area contributed by atoms with E-state index in [-0.39, 0.29) is 24.2 Å². The first kappa shape index (κ1) is 18.8. The van der Waals surface area contributed by atoms with E-state index in [1.165, 1.54) is 0 Å². The van der Waals surface area contributed by atoms with Crippen molar-refractivity contribution in [1.82, 2.24) is 0 Å². The number of para-hydroxylation sites is 1. The van der Waals surface area contributed by atoms with Gasteiger partial charge < -0.3 is 15.8 Å². The predicted molar refractivity (Wildman–Crippen MR) is 97.2 cm³/mol. The average molecular weight is 335 g/mol. The van der Waals surface area contributed by atoms with Crippen LogP contribution >= 0.6 is 12.4 Å². The molecule has 3 N–H and O–H groups in total. The lowest BCUT2D eigenvalue weighted by atomic mass is 10.1. The number of amides is 1. The van der Waals surface area contributed by atoms with Crippen molar-refractivity contribution in [1.29, 1.82) is 0 Å². The maximum atomic E-state index is 12.2. The van der Waals surface area contributed by atoms with Crippen LogP contribution in [0.4, 0.5) is 11.4 Å². The van der Waals surface area contributed by atoms with Gasteiger partial charge in [-0.3, -0.25) is 4.79 Å². The molecule has 0 aliphatic heterocycles. The minimum absolute atomic E-state index is 0. The lowest BCUT2D eigenvalue weighted by Gasteiger charge is -2.14. The van der Waals surface area contributed by atoms with E-state index >= 15 is 0 Å². The normalized spacial score (nSPS) is 11.2. The maximum absolute atomic E-state index is 12.2. The molecule has 0 radical (unpaired) electrons. The van der Waals surface area contributed by atoms with Crippen LogP contribution in [-0.4, -0.2) is 12.5 Å². The number of ether oxygens (including phenoxy) is 1. The molecule has 2 aromatic carbocycles. The Labute approximate surface area is 143 Å². The number of carbonyl (C=O) groups is 1. The van der Waals surface area contributed by atoms with Gasteiger partial charge >= 0.3 is 0 Å². The Morgan fingerprint density at radius 1 is 1.22 bits per heavy atom. The SMILES string of the molecule is Cc1ccc(N)cc1NC(=O)C(C)CCOc1ccccc1.Cl. The number of rotatable bonds is 6. The zero-order valence-electron chi connectivity index (χ0n) is 13.4. The van der Waals surface area contributed by atoms with Gasteiger partial charge in [0.25, 0.3) is 0 Å². The van der Waals surface area contributed by atoms with Gasteiger partial charge in [0, 0.05) is 17.3 Å². The van der Waals surface area contributed by atoms with E-state index in [9.17, 15) is 4.79 Å².